The van der Waals surface area contributed by atoms with Crippen molar-refractivity contribution in [1.29, 1.82) is 2.61 Å². The molecule has 6 nitrogen and oxygen atoms in total. The standard InChI is InChI=1S/C26H32BFN4O2PS2/c1-36-24-8-3-7-22(16-24)31-13-12-30(18-26(31)33)11-10-23-17-29-19-32(23)25(9-4-14-34-37-35-27)20-5-2-6-21(28)15-20/h2-3,5-8,15-17,19,25,27,35H,4,9-14,18H2,1H3/i27T,35D. The molecule has 3 aromatic rings. The molecule has 1 radical (unpaired) electrons. The maximum absolute atomic E-state index is 14.1. The summed E-state index contributed by atoms with van der Waals surface area (Å²) in [6.45, 7) is 2.98. The molecule has 0 saturated carbocycles. The highest BCUT2D eigenvalue weighted by molar-refractivity contribution is 8.53. The van der Waals surface area contributed by atoms with E-state index in [-0.39, 0.29) is 17.8 Å². The summed E-state index contributed by atoms with van der Waals surface area (Å²) >= 11 is 2.69. The minimum atomic E-state index is -1.34. The molecule has 195 valence electrons. The number of aromatic nitrogens is 2. The van der Waals surface area contributed by atoms with Gasteiger partial charge in [0, 0.05) is 60.2 Å². The molecule has 0 aliphatic carbocycles. The molecule has 0 spiro atoms. The predicted octanol–water partition coefficient (Wildman–Crippen LogP) is 5.08. The number of rotatable bonds is 14. The summed E-state index contributed by atoms with van der Waals surface area (Å²) in [4.78, 5) is 22.6. The van der Waals surface area contributed by atoms with Gasteiger partial charge in [-0.1, -0.05) is 25.8 Å². The summed E-state index contributed by atoms with van der Waals surface area (Å²) < 4.78 is 36.5. The van der Waals surface area contributed by atoms with Gasteiger partial charge >= 0.3 is 0 Å². The van der Waals surface area contributed by atoms with Crippen molar-refractivity contribution >= 4 is 50.2 Å². The normalized spacial score (nSPS) is 16.8. The molecule has 2 heterocycles. The molecule has 1 aromatic heterocycles. The summed E-state index contributed by atoms with van der Waals surface area (Å²) in [5.41, 5.74) is 2.84. The van der Waals surface area contributed by atoms with Crippen LogP contribution in [0.15, 0.2) is 66.0 Å². The maximum atomic E-state index is 14.1. The average Bonchev–Trinajstić information content (AvgIpc) is 3.42. The number of hydrogen-bond donors (Lipinski definition) is 0. The molecular formula is C26H32BFN4O2PS2. The zero-order valence-electron chi connectivity index (χ0n) is 22.8. The van der Waals surface area contributed by atoms with Crippen molar-refractivity contribution in [1.82, 2.24) is 14.5 Å². The van der Waals surface area contributed by atoms with Crippen molar-refractivity contribution in [2.75, 3.05) is 43.9 Å². The molecular weight excluding hydrogens is 525 g/mol. The first-order valence-corrected chi connectivity index (χ1v) is 15.7. The zero-order chi connectivity index (χ0) is 27.6. The third-order valence-corrected chi connectivity index (χ3v) is 8.12. The van der Waals surface area contributed by atoms with Crippen molar-refractivity contribution in [3.05, 3.63) is 78.1 Å². The Bertz CT molecular complexity index is 1230. The molecule has 2 unspecified atom stereocenters. The van der Waals surface area contributed by atoms with Gasteiger partial charge in [-0.05, 0) is 56.3 Å². The minimum Gasteiger partial charge on any atom is -0.327 e. The molecule has 2 atom stereocenters. The van der Waals surface area contributed by atoms with Crippen LogP contribution in [0.2, 0.25) is 0 Å². The van der Waals surface area contributed by atoms with E-state index in [1.165, 1.54) is 6.07 Å². The molecule has 0 bridgehead atoms. The number of piperazine rings is 1. The Morgan fingerprint density at radius 3 is 3.03 bits per heavy atom. The number of halogens is 1. The highest BCUT2D eigenvalue weighted by atomic mass is 32.7. The van der Waals surface area contributed by atoms with Crippen LogP contribution in [0, 0.1) is 5.82 Å². The van der Waals surface area contributed by atoms with Gasteiger partial charge in [-0.25, -0.2) is 9.37 Å². The second-order valence-corrected chi connectivity index (χ2v) is 11.3. The number of thioether (sulfide) groups is 1. The number of imidazole rings is 1. The van der Waals surface area contributed by atoms with Crippen molar-refractivity contribution in [2.24, 2.45) is 0 Å². The van der Waals surface area contributed by atoms with Crippen LogP contribution >= 0.6 is 31.0 Å². The number of nitrogens with zero attached hydrogens (tertiary/aromatic N) is 4. The van der Waals surface area contributed by atoms with E-state index in [9.17, 15) is 9.18 Å². The topological polar surface area (TPSA) is 50.6 Å². The molecule has 1 amide bonds. The monoisotopic (exact) mass is 560 g/mol. The lowest BCUT2D eigenvalue weighted by molar-refractivity contribution is -0.121. The number of anilines is 1. The van der Waals surface area contributed by atoms with Crippen LogP contribution < -0.4 is 4.90 Å². The van der Waals surface area contributed by atoms with E-state index >= 15 is 0 Å². The molecule has 1 aliphatic rings. The number of carbonyl (C=O) groups is 1. The third kappa shape index (κ3) is 7.84. The van der Waals surface area contributed by atoms with Crippen LogP contribution in [-0.2, 0) is 15.4 Å². The Labute approximate surface area is 232 Å². The highest BCUT2D eigenvalue weighted by Crippen LogP contribution is 2.29. The fraction of sp³-hybridized carbons (Fsp3) is 0.385. The van der Waals surface area contributed by atoms with Crippen LogP contribution in [0.25, 0.3) is 0 Å². The van der Waals surface area contributed by atoms with E-state index in [1.807, 2.05) is 41.6 Å². The van der Waals surface area contributed by atoms with E-state index in [4.69, 9.17) is 6.80 Å². The van der Waals surface area contributed by atoms with E-state index in [2.05, 4.69) is 20.5 Å². The van der Waals surface area contributed by atoms with Crippen LogP contribution in [0.1, 0.15) is 30.1 Å². The van der Waals surface area contributed by atoms with Crippen molar-refractivity contribution < 1.29 is 13.4 Å². The van der Waals surface area contributed by atoms with Crippen molar-refractivity contribution in [3.63, 3.8) is 0 Å². The largest absolute Gasteiger partial charge is 0.327 e. The second kappa shape index (κ2) is 14.4. The number of benzene rings is 2. The van der Waals surface area contributed by atoms with Gasteiger partial charge in [-0.15, -0.1) is 11.8 Å². The van der Waals surface area contributed by atoms with Crippen molar-refractivity contribution in [3.8, 4) is 0 Å². The van der Waals surface area contributed by atoms with Crippen LogP contribution in [-0.4, -0.2) is 69.5 Å². The molecule has 1 fully saturated rings. The van der Waals surface area contributed by atoms with Gasteiger partial charge in [0.05, 0.1) is 26.8 Å². The first-order chi connectivity index (χ1) is 19.0. The molecule has 37 heavy (non-hydrogen) atoms. The van der Waals surface area contributed by atoms with E-state index in [1.54, 1.807) is 30.2 Å². The lowest BCUT2D eigenvalue weighted by atomic mass is 10.0. The van der Waals surface area contributed by atoms with Gasteiger partial charge < -0.3 is 13.7 Å². The first kappa shape index (κ1) is 25.4. The Hall–Kier alpha value is -1.84. The Morgan fingerprint density at radius 2 is 2.22 bits per heavy atom. The van der Waals surface area contributed by atoms with Gasteiger partial charge in [0.25, 0.3) is 0 Å². The molecule has 1 saturated heterocycles. The maximum Gasteiger partial charge on any atom is 0.241 e. The van der Waals surface area contributed by atoms with E-state index in [0.29, 0.717) is 32.5 Å². The smallest absolute Gasteiger partial charge is 0.241 e. The average molecular weight is 561 g/mol. The van der Waals surface area contributed by atoms with Gasteiger partial charge in [-0.3, -0.25) is 9.69 Å². The fourth-order valence-corrected chi connectivity index (χ4v) is 5.74. The Balaban J connectivity index is 1.38. The minimum absolute atomic E-state index is 0.0999. The van der Waals surface area contributed by atoms with Crippen LogP contribution in [0.3, 0.4) is 0 Å². The van der Waals surface area contributed by atoms with Gasteiger partial charge in [0.2, 0.25) is 5.91 Å². The predicted molar refractivity (Wildman–Crippen MR) is 156 cm³/mol. The zero-order valence-corrected chi connectivity index (χ0v) is 23.4. The van der Waals surface area contributed by atoms with Gasteiger partial charge in [0.1, 0.15) is 13.3 Å². The second-order valence-electron chi connectivity index (χ2n) is 8.78. The molecule has 2 aromatic carbocycles. The summed E-state index contributed by atoms with van der Waals surface area (Å²) in [5, 5.41) is 0. The Kier molecular flexibility index (Phi) is 9.87. The molecule has 1 aliphatic heterocycles. The highest BCUT2D eigenvalue weighted by Gasteiger charge is 2.25. The summed E-state index contributed by atoms with van der Waals surface area (Å²) in [5.74, 6) is -0.181. The fourth-order valence-electron chi connectivity index (χ4n) is 4.63. The van der Waals surface area contributed by atoms with E-state index < -0.39 is 7.61 Å². The third-order valence-electron chi connectivity index (χ3n) is 6.47. The van der Waals surface area contributed by atoms with Crippen LogP contribution in [0.5, 0.6) is 0 Å². The lowest BCUT2D eigenvalue weighted by Crippen LogP contribution is -2.51. The number of hydrogen-bond acceptors (Lipinski definition) is 6. The lowest BCUT2D eigenvalue weighted by Gasteiger charge is -2.34. The molecule has 0 N–H and O–H groups in total. The summed E-state index contributed by atoms with van der Waals surface area (Å²) in [6, 6.07) is 14.6. The van der Waals surface area contributed by atoms with Crippen molar-refractivity contribution in [2.45, 2.75) is 30.2 Å². The Morgan fingerprint density at radius 1 is 1.32 bits per heavy atom. The number of carbonyl (C=O) groups excluding carboxylic acids is 1. The first-order valence-electron chi connectivity index (χ1n) is 13.2. The van der Waals surface area contributed by atoms with Gasteiger partial charge in [0.15, 0.2) is 0 Å². The molecule has 4 rings (SSSR count). The molecule has 11 heteroatoms. The quantitative estimate of drug-likeness (QED) is 0.0902. The van der Waals surface area contributed by atoms with Gasteiger partial charge in [-0.2, -0.15) is 0 Å². The summed E-state index contributed by atoms with van der Waals surface area (Å²) in [7, 11) is -0.257. The summed E-state index contributed by atoms with van der Waals surface area (Å²) in [6.07, 6.45) is 7.81. The SMILES string of the molecule is [2H]P([B][3H])SOCCCC(c1cccc(F)c1)n1cncc1CCN1CCN(c2cccc(SC)c2)C(=O)C1. The van der Waals surface area contributed by atoms with Crippen LogP contribution in [0.4, 0.5) is 10.1 Å². The van der Waals surface area contributed by atoms with E-state index in [0.717, 1.165) is 60.5 Å². The number of amides is 1.